The largest absolute Gasteiger partial charge is 0.481 e. The number of nitrogens with zero attached hydrogens (tertiary/aromatic N) is 2. The highest BCUT2D eigenvalue weighted by Crippen LogP contribution is 2.38. The van der Waals surface area contributed by atoms with E-state index in [4.69, 9.17) is 14.8 Å². The van der Waals surface area contributed by atoms with E-state index in [1.54, 1.807) is 18.3 Å². The number of anilines is 1. The van der Waals surface area contributed by atoms with Gasteiger partial charge in [-0.25, -0.2) is 4.98 Å². The van der Waals surface area contributed by atoms with Crippen LogP contribution in [0.2, 0.25) is 0 Å². The third-order valence-corrected chi connectivity index (χ3v) is 5.43. The SMILES string of the molecule is CC1Oc2ccc(-c3csc(-c4ccccc4)n3)cc2N(CCC(=O)O)C1=O. The Kier molecular flexibility index (Phi) is 4.83. The fourth-order valence-corrected chi connectivity index (χ4v) is 3.96. The maximum atomic E-state index is 12.5. The van der Waals surface area contributed by atoms with Crippen molar-refractivity contribution in [1.29, 1.82) is 0 Å². The van der Waals surface area contributed by atoms with Crippen molar-refractivity contribution in [3.63, 3.8) is 0 Å². The molecule has 3 aromatic rings. The highest BCUT2D eigenvalue weighted by Gasteiger charge is 2.32. The van der Waals surface area contributed by atoms with Gasteiger partial charge < -0.3 is 14.7 Å². The number of rotatable bonds is 5. The van der Waals surface area contributed by atoms with Crippen LogP contribution in [-0.4, -0.2) is 34.6 Å². The normalized spacial score (nSPS) is 15.8. The molecule has 0 bridgehead atoms. The minimum atomic E-state index is -0.948. The number of carbonyl (C=O) groups is 2. The van der Waals surface area contributed by atoms with Gasteiger partial charge in [0.25, 0.3) is 5.91 Å². The fraction of sp³-hybridized carbons (Fsp3) is 0.190. The Morgan fingerprint density at radius 3 is 2.75 bits per heavy atom. The molecule has 2 heterocycles. The van der Waals surface area contributed by atoms with E-state index in [1.165, 1.54) is 4.90 Å². The zero-order chi connectivity index (χ0) is 19.7. The minimum absolute atomic E-state index is 0.102. The van der Waals surface area contributed by atoms with E-state index in [9.17, 15) is 9.59 Å². The summed E-state index contributed by atoms with van der Waals surface area (Å²) in [6.45, 7) is 1.77. The number of hydrogen-bond acceptors (Lipinski definition) is 5. The van der Waals surface area contributed by atoms with Crippen LogP contribution in [0.5, 0.6) is 5.75 Å². The minimum Gasteiger partial charge on any atom is -0.481 e. The maximum absolute atomic E-state index is 12.5. The third kappa shape index (κ3) is 3.48. The molecule has 1 amide bonds. The monoisotopic (exact) mass is 394 g/mol. The van der Waals surface area contributed by atoms with E-state index in [2.05, 4.69) is 0 Å². The smallest absolute Gasteiger partial charge is 0.305 e. The molecule has 1 aliphatic heterocycles. The van der Waals surface area contributed by atoms with Crippen molar-refractivity contribution in [1.82, 2.24) is 4.98 Å². The number of aliphatic carboxylic acids is 1. The zero-order valence-corrected chi connectivity index (χ0v) is 16.0. The predicted octanol–water partition coefficient (Wildman–Crippen LogP) is 4.07. The quantitative estimate of drug-likeness (QED) is 0.706. The fourth-order valence-electron chi connectivity index (χ4n) is 3.12. The summed E-state index contributed by atoms with van der Waals surface area (Å²) in [7, 11) is 0. The summed E-state index contributed by atoms with van der Waals surface area (Å²) < 4.78 is 5.69. The van der Waals surface area contributed by atoms with Gasteiger partial charge in [0.1, 0.15) is 10.8 Å². The maximum Gasteiger partial charge on any atom is 0.305 e. The Labute approximate surface area is 166 Å². The van der Waals surface area contributed by atoms with Gasteiger partial charge in [0.2, 0.25) is 0 Å². The van der Waals surface area contributed by atoms with Gasteiger partial charge in [-0.2, -0.15) is 0 Å². The highest BCUT2D eigenvalue weighted by atomic mass is 32.1. The first kappa shape index (κ1) is 18.2. The average molecular weight is 394 g/mol. The zero-order valence-electron chi connectivity index (χ0n) is 15.2. The van der Waals surface area contributed by atoms with Gasteiger partial charge in [0.05, 0.1) is 17.8 Å². The predicted molar refractivity (Wildman–Crippen MR) is 108 cm³/mol. The van der Waals surface area contributed by atoms with E-state index in [1.807, 2.05) is 53.9 Å². The molecule has 28 heavy (non-hydrogen) atoms. The van der Waals surface area contributed by atoms with Crippen molar-refractivity contribution in [2.75, 3.05) is 11.4 Å². The molecule has 1 atom stereocenters. The lowest BCUT2D eigenvalue weighted by atomic mass is 10.1. The van der Waals surface area contributed by atoms with Gasteiger partial charge in [-0.05, 0) is 25.1 Å². The summed E-state index contributed by atoms with van der Waals surface area (Å²) in [6, 6.07) is 15.5. The Hall–Kier alpha value is -3.19. The van der Waals surface area contributed by atoms with Gasteiger partial charge in [0.15, 0.2) is 6.10 Å². The van der Waals surface area contributed by atoms with Crippen LogP contribution < -0.4 is 9.64 Å². The van der Waals surface area contributed by atoms with E-state index >= 15 is 0 Å². The van der Waals surface area contributed by atoms with Gasteiger partial charge in [-0.1, -0.05) is 30.3 Å². The van der Waals surface area contributed by atoms with Gasteiger partial charge in [0, 0.05) is 23.1 Å². The van der Waals surface area contributed by atoms with E-state index in [-0.39, 0.29) is 18.9 Å². The molecule has 4 rings (SSSR count). The Morgan fingerprint density at radius 1 is 1.21 bits per heavy atom. The van der Waals surface area contributed by atoms with Crippen molar-refractivity contribution in [3.05, 3.63) is 53.9 Å². The molecule has 0 saturated carbocycles. The van der Waals surface area contributed by atoms with E-state index in [0.717, 1.165) is 21.8 Å². The lowest BCUT2D eigenvalue weighted by molar-refractivity contribution is -0.136. The first-order valence-corrected chi connectivity index (χ1v) is 9.76. The molecule has 142 valence electrons. The van der Waals surface area contributed by atoms with Gasteiger partial charge >= 0.3 is 5.97 Å². The van der Waals surface area contributed by atoms with Crippen LogP contribution in [0.25, 0.3) is 21.8 Å². The number of aromatic nitrogens is 1. The van der Waals surface area contributed by atoms with Crippen LogP contribution in [0.15, 0.2) is 53.9 Å². The van der Waals surface area contributed by atoms with Crippen molar-refractivity contribution >= 4 is 28.9 Å². The number of amides is 1. The molecule has 1 N–H and O–H groups in total. The molecule has 1 unspecified atom stereocenters. The number of thiazole rings is 1. The molecular formula is C21H18N2O4S. The summed E-state index contributed by atoms with van der Waals surface area (Å²) >= 11 is 1.55. The third-order valence-electron chi connectivity index (χ3n) is 4.54. The van der Waals surface area contributed by atoms with Crippen molar-refractivity contribution in [2.24, 2.45) is 0 Å². The standard InChI is InChI=1S/C21H18N2O4S/c1-13-21(26)23(10-9-19(24)25)17-11-15(7-8-18(17)27-13)16-12-28-20(22-16)14-5-3-2-4-6-14/h2-8,11-13H,9-10H2,1H3,(H,24,25). The number of hydrogen-bond donors (Lipinski definition) is 1. The molecule has 7 heteroatoms. The molecule has 0 fully saturated rings. The molecular weight excluding hydrogens is 376 g/mol. The Balaban J connectivity index is 1.69. The summed E-state index contributed by atoms with van der Waals surface area (Å²) in [5.74, 6) is -0.620. The first-order chi connectivity index (χ1) is 13.5. The van der Waals surface area contributed by atoms with Crippen molar-refractivity contribution in [3.8, 4) is 27.6 Å². The van der Waals surface area contributed by atoms with Crippen molar-refractivity contribution < 1.29 is 19.4 Å². The van der Waals surface area contributed by atoms with Crippen LogP contribution >= 0.6 is 11.3 Å². The lowest BCUT2D eigenvalue weighted by Gasteiger charge is -2.33. The van der Waals surface area contributed by atoms with Crippen LogP contribution in [0.1, 0.15) is 13.3 Å². The summed E-state index contributed by atoms with van der Waals surface area (Å²) in [5, 5.41) is 11.9. The number of carboxylic acid groups (broad SMARTS) is 1. The number of fused-ring (bicyclic) bond motifs is 1. The highest BCUT2D eigenvalue weighted by molar-refractivity contribution is 7.13. The second-order valence-corrected chi connectivity index (χ2v) is 7.34. The molecule has 2 aromatic carbocycles. The number of carbonyl (C=O) groups excluding carboxylic acids is 1. The number of carboxylic acids is 1. The van der Waals surface area contributed by atoms with E-state index < -0.39 is 12.1 Å². The molecule has 0 aliphatic carbocycles. The molecule has 0 spiro atoms. The lowest BCUT2D eigenvalue weighted by Crippen LogP contribution is -2.45. The van der Waals surface area contributed by atoms with Crippen LogP contribution in [-0.2, 0) is 9.59 Å². The summed E-state index contributed by atoms with van der Waals surface area (Å²) in [6.07, 6.45) is -0.770. The molecule has 1 aromatic heterocycles. The molecule has 0 saturated heterocycles. The topological polar surface area (TPSA) is 79.7 Å². The number of benzene rings is 2. The van der Waals surface area contributed by atoms with Crippen LogP contribution in [0, 0.1) is 0 Å². The first-order valence-electron chi connectivity index (χ1n) is 8.88. The van der Waals surface area contributed by atoms with Crippen LogP contribution in [0.3, 0.4) is 0 Å². The molecule has 0 radical (unpaired) electrons. The summed E-state index contributed by atoms with van der Waals surface area (Å²) in [5.41, 5.74) is 3.28. The van der Waals surface area contributed by atoms with E-state index in [0.29, 0.717) is 11.4 Å². The second kappa shape index (κ2) is 7.44. The van der Waals surface area contributed by atoms with Gasteiger partial charge in [-0.3, -0.25) is 9.59 Å². The average Bonchev–Trinajstić information content (AvgIpc) is 3.19. The Bertz CT molecular complexity index is 1030. The van der Waals surface area contributed by atoms with Crippen LogP contribution in [0.4, 0.5) is 5.69 Å². The molecule has 6 nitrogen and oxygen atoms in total. The Morgan fingerprint density at radius 2 is 2.00 bits per heavy atom. The van der Waals surface area contributed by atoms with Gasteiger partial charge in [-0.15, -0.1) is 11.3 Å². The van der Waals surface area contributed by atoms with Crippen molar-refractivity contribution in [2.45, 2.75) is 19.4 Å². The summed E-state index contributed by atoms with van der Waals surface area (Å²) in [4.78, 5) is 29.7. The molecule has 1 aliphatic rings. The second-order valence-electron chi connectivity index (χ2n) is 6.48. The number of ether oxygens (including phenoxy) is 1.